The minimum absolute atomic E-state index is 0.130. The molecule has 0 unspecified atom stereocenters. The van der Waals surface area contributed by atoms with E-state index in [0.29, 0.717) is 22.9 Å². The van der Waals surface area contributed by atoms with Gasteiger partial charge in [-0.2, -0.15) is 0 Å². The number of anilines is 2. The van der Waals surface area contributed by atoms with Crippen LogP contribution in [-0.2, 0) is 19.6 Å². The molecule has 2 aromatic carbocycles. The number of para-hydroxylation sites is 2. The van der Waals surface area contributed by atoms with Crippen LogP contribution in [0, 0.1) is 0 Å². The SMILES string of the molecule is COc1ccccc1OCC(=O)Nc1cccc(NC(=O)CNS(=O)(=O)c2cccs2)c1. The summed E-state index contributed by atoms with van der Waals surface area (Å²) in [5, 5.41) is 6.89. The lowest BCUT2D eigenvalue weighted by Crippen LogP contribution is -2.32. The molecule has 0 saturated heterocycles. The van der Waals surface area contributed by atoms with E-state index in [1.807, 2.05) is 0 Å². The monoisotopic (exact) mass is 475 g/mol. The standard InChI is InChI=1S/C21H21N3O6S2/c1-29-17-8-2-3-9-18(17)30-14-20(26)24-16-7-4-6-15(12-16)23-19(25)13-22-32(27,28)21-10-5-11-31-21/h2-12,22H,13-14H2,1H3,(H,23,25)(H,24,26). The summed E-state index contributed by atoms with van der Waals surface area (Å²) in [6.07, 6.45) is 0. The Morgan fingerprint density at radius 3 is 2.25 bits per heavy atom. The van der Waals surface area contributed by atoms with E-state index in [4.69, 9.17) is 9.47 Å². The Kier molecular flexibility index (Phi) is 7.82. The van der Waals surface area contributed by atoms with Gasteiger partial charge in [0.15, 0.2) is 18.1 Å². The van der Waals surface area contributed by atoms with Gasteiger partial charge in [-0.1, -0.05) is 24.3 Å². The smallest absolute Gasteiger partial charge is 0.262 e. The van der Waals surface area contributed by atoms with Gasteiger partial charge < -0.3 is 20.1 Å². The van der Waals surface area contributed by atoms with Gasteiger partial charge in [0.2, 0.25) is 5.91 Å². The molecule has 0 aliphatic rings. The van der Waals surface area contributed by atoms with Crippen molar-refractivity contribution >= 4 is 44.5 Å². The Morgan fingerprint density at radius 1 is 0.906 bits per heavy atom. The van der Waals surface area contributed by atoms with Crippen LogP contribution in [0.5, 0.6) is 11.5 Å². The summed E-state index contributed by atoms with van der Waals surface area (Å²) in [6, 6.07) is 16.5. The van der Waals surface area contributed by atoms with E-state index < -0.39 is 28.4 Å². The molecule has 0 radical (unpaired) electrons. The van der Waals surface area contributed by atoms with E-state index in [-0.39, 0.29) is 10.8 Å². The average molecular weight is 476 g/mol. The first kappa shape index (κ1) is 23.3. The fourth-order valence-corrected chi connectivity index (χ4v) is 4.63. The van der Waals surface area contributed by atoms with Crippen LogP contribution < -0.4 is 24.8 Å². The maximum absolute atomic E-state index is 12.2. The van der Waals surface area contributed by atoms with Crippen LogP contribution in [0.3, 0.4) is 0 Å². The molecule has 168 valence electrons. The Bertz CT molecular complexity index is 1180. The highest BCUT2D eigenvalue weighted by atomic mass is 32.2. The third kappa shape index (κ3) is 6.54. The van der Waals surface area contributed by atoms with Crippen molar-refractivity contribution < 1.29 is 27.5 Å². The van der Waals surface area contributed by atoms with Crippen molar-refractivity contribution in [3.8, 4) is 11.5 Å². The first-order valence-corrected chi connectivity index (χ1v) is 11.7. The molecule has 1 heterocycles. The van der Waals surface area contributed by atoms with E-state index in [1.54, 1.807) is 60.0 Å². The number of benzene rings is 2. The van der Waals surface area contributed by atoms with Crippen molar-refractivity contribution in [2.75, 3.05) is 30.9 Å². The van der Waals surface area contributed by atoms with E-state index >= 15 is 0 Å². The zero-order valence-electron chi connectivity index (χ0n) is 17.0. The maximum atomic E-state index is 12.2. The van der Waals surface area contributed by atoms with Crippen LogP contribution in [0.4, 0.5) is 11.4 Å². The lowest BCUT2D eigenvalue weighted by molar-refractivity contribution is -0.118. The van der Waals surface area contributed by atoms with Crippen LogP contribution in [-0.4, -0.2) is 40.5 Å². The molecule has 9 nitrogen and oxygen atoms in total. The Labute approximate surface area is 189 Å². The van der Waals surface area contributed by atoms with Crippen molar-refractivity contribution in [2.45, 2.75) is 4.21 Å². The molecule has 0 bridgehead atoms. The number of carbonyl (C=O) groups excluding carboxylic acids is 2. The number of nitrogens with one attached hydrogen (secondary N) is 3. The highest BCUT2D eigenvalue weighted by Gasteiger charge is 2.16. The summed E-state index contributed by atoms with van der Waals surface area (Å²) in [5.74, 6) is 0.00656. The Morgan fingerprint density at radius 2 is 1.59 bits per heavy atom. The highest BCUT2D eigenvalue weighted by molar-refractivity contribution is 7.91. The molecule has 0 spiro atoms. The van der Waals surface area contributed by atoms with E-state index in [1.165, 1.54) is 13.2 Å². The van der Waals surface area contributed by atoms with Gasteiger partial charge in [-0.15, -0.1) is 11.3 Å². The van der Waals surface area contributed by atoms with E-state index in [2.05, 4.69) is 15.4 Å². The van der Waals surface area contributed by atoms with Crippen LogP contribution in [0.25, 0.3) is 0 Å². The predicted octanol–water partition coefficient (Wildman–Crippen LogP) is 2.69. The zero-order valence-corrected chi connectivity index (χ0v) is 18.7. The number of methoxy groups -OCH3 is 1. The van der Waals surface area contributed by atoms with Gasteiger partial charge in [-0.3, -0.25) is 9.59 Å². The minimum atomic E-state index is -3.73. The number of hydrogen-bond acceptors (Lipinski definition) is 7. The molecule has 0 saturated carbocycles. The molecule has 3 aromatic rings. The summed E-state index contributed by atoms with van der Waals surface area (Å²) in [4.78, 5) is 24.3. The molecule has 3 rings (SSSR count). The number of hydrogen-bond donors (Lipinski definition) is 3. The molecule has 2 amide bonds. The van der Waals surface area contributed by atoms with Crippen LogP contribution in [0.2, 0.25) is 0 Å². The van der Waals surface area contributed by atoms with Crippen LogP contribution in [0.1, 0.15) is 0 Å². The number of sulfonamides is 1. The Hall–Kier alpha value is -3.41. The van der Waals surface area contributed by atoms with Crippen molar-refractivity contribution in [2.24, 2.45) is 0 Å². The second kappa shape index (κ2) is 10.8. The molecule has 0 aliphatic carbocycles. The molecule has 0 atom stereocenters. The quantitative estimate of drug-likeness (QED) is 0.414. The molecule has 0 aliphatic heterocycles. The van der Waals surface area contributed by atoms with Gasteiger partial charge in [-0.25, -0.2) is 13.1 Å². The van der Waals surface area contributed by atoms with Crippen LogP contribution >= 0.6 is 11.3 Å². The molecule has 0 fully saturated rings. The Balaban J connectivity index is 1.51. The summed E-state index contributed by atoms with van der Waals surface area (Å²) < 4.78 is 37.2. The summed E-state index contributed by atoms with van der Waals surface area (Å²) in [5.41, 5.74) is 0.837. The highest BCUT2D eigenvalue weighted by Crippen LogP contribution is 2.25. The van der Waals surface area contributed by atoms with Gasteiger partial charge >= 0.3 is 0 Å². The summed E-state index contributed by atoms with van der Waals surface area (Å²) >= 11 is 1.06. The van der Waals surface area contributed by atoms with Gasteiger partial charge in [0.05, 0.1) is 13.7 Å². The third-order valence-corrected chi connectivity index (χ3v) is 6.84. The van der Waals surface area contributed by atoms with Gasteiger partial charge in [0.1, 0.15) is 4.21 Å². The molecule has 11 heteroatoms. The first-order valence-electron chi connectivity index (χ1n) is 9.36. The first-order chi connectivity index (χ1) is 15.4. The molecule has 3 N–H and O–H groups in total. The third-order valence-electron chi connectivity index (χ3n) is 4.04. The van der Waals surface area contributed by atoms with Gasteiger partial charge in [0.25, 0.3) is 15.9 Å². The van der Waals surface area contributed by atoms with Gasteiger partial charge in [0, 0.05) is 11.4 Å². The second-order valence-electron chi connectivity index (χ2n) is 6.37. The topological polar surface area (TPSA) is 123 Å². The van der Waals surface area contributed by atoms with Crippen LogP contribution in [0.15, 0.2) is 70.3 Å². The van der Waals surface area contributed by atoms with Crippen molar-refractivity contribution in [3.63, 3.8) is 0 Å². The number of thiophene rings is 1. The molecule has 32 heavy (non-hydrogen) atoms. The lowest BCUT2D eigenvalue weighted by Gasteiger charge is -2.11. The second-order valence-corrected chi connectivity index (χ2v) is 9.31. The van der Waals surface area contributed by atoms with Gasteiger partial charge in [-0.05, 0) is 41.8 Å². The fraction of sp³-hybridized carbons (Fsp3) is 0.143. The van der Waals surface area contributed by atoms with E-state index in [9.17, 15) is 18.0 Å². The number of rotatable bonds is 10. The largest absolute Gasteiger partial charge is 0.493 e. The fourth-order valence-electron chi connectivity index (χ4n) is 2.61. The number of ether oxygens (including phenoxy) is 2. The minimum Gasteiger partial charge on any atom is -0.493 e. The molecular formula is C21H21N3O6S2. The predicted molar refractivity (Wildman–Crippen MR) is 122 cm³/mol. The molecule has 1 aromatic heterocycles. The summed E-state index contributed by atoms with van der Waals surface area (Å²) in [6.45, 7) is -0.662. The van der Waals surface area contributed by atoms with Crippen molar-refractivity contribution in [1.82, 2.24) is 4.72 Å². The van der Waals surface area contributed by atoms with E-state index in [0.717, 1.165) is 11.3 Å². The number of carbonyl (C=O) groups is 2. The summed E-state index contributed by atoms with van der Waals surface area (Å²) in [7, 11) is -2.23. The number of amides is 2. The maximum Gasteiger partial charge on any atom is 0.262 e. The lowest BCUT2D eigenvalue weighted by atomic mass is 10.2. The van der Waals surface area contributed by atoms with Crippen molar-refractivity contribution in [1.29, 1.82) is 0 Å². The molecular weight excluding hydrogens is 454 g/mol. The normalized spacial score (nSPS) is 10.9. The van der Waals surface area contributed by atoms with Crippen molar-refractivity contribution in [3.05, 3.63) is 66.0 Å². The average Bonchev–Trinajstić information content (AvgIpc) is 3.33. The zero-order chi connectivity index (χ0) is 23.0.